The quantitative estimate of drug-likeness (QED) is 0.222. The molecule has 0 radical (unpaired) electrons. The Morgan fingerprint density at radius 2 is 2.09 bits per heavy atom. The lowest BCUT2D eigenvalue weighted by atomic mass is 10.1. The average molecular weight is 548 g/mol. The second-order valence-corrected chi connectivity index (χ2v) is 9.96. The minimum absolute atomic E-state index is 0.0651. The topological polar surface area (TPSA) is 158 Å². The number of anilines is 2. The molecule has 14 heteroatoms. The number of rotatable bonds is 5. The molecule has 1 fully saturated rings. The summed E-state index contributed by atoms with van der Waals surface area (Å²) < 4.78 is 30.3. The fourth-order valence-corrected chi connectivity index (χ4v) is 5.20. The third-order valence-electron chi connectivity index (χ3n) is 5.09. The van der Waals surface area contributed by atoms with E-state index in [2.05, 4.69) is 4.99 Å². The van der Waals surface area contributed by atoms with E-state index in [0.29, 0.717) is 13.0 Å². The molecule has 34 heavy (non-hydrogen) atoms. The van der Waals surface area contributed by atoms with E-state index >= 15 is 0 Å². The van der Waals surface area contributed by atoms with Gasteiger partial charge in [-0.15, -0.1) is 0 Å². The van der Waals surface area contributed by atoms with E-state index in [-0.39, 0.29) is 57.3 Å². The van der Waals surface area contributed by atoms with Gasteiger partial charge in [0.05, 0.1) is 33.5 Å². The fraction of sp³-hybridized carbons (Fsp3) is 0.300. The maximum absolute atomic E-state index is 12.3. The largest absolute Gasteiger partial charge is 0.504 e. The fourth-order valence-electron chi connectivity index (χ4n) is 3.48. The van der Waals surface area contributed by atoms with E-state index in [9.17, 15) is 18.8 Å². The molecule has 0 aliphatic carbocycles. The van der Waals surface area contributed by atoms with E-state index in [4.69, 9.17) is 50.4 Å². The standard InChI is InChI=1S/C20H21Cl3N6O4S/c1-2-11-9-28(6-7-33-11)17-18(30)14(8-13(22)19(17)34(26,31)32)27-20(25)29(10-24)15-5-3-4-12(21)16(15)23/h3-5,8,11,30H,2,6-7,9H2,1H3,(H2,25,27)(H2,26,31,32). The van der Waals surface area contributed by atoms with Gasteiger partial charge in [-0.1, -0.05) is 47.8 Å². The number of primary sulfonamides is 1. The van der Waals surface area contributed by atoms with Gasteiger partial charge in [-0.3, -0.25) is 0 Å². The van der Waals surface area contributed by atoms with Crippen molar-refractivity contribution in [3.8, 4) is 11.9 Å². The van der Waals surface area contributed by atoms with Gasteiger partial charge in [0.1, 0.15) is 16.3 Å². The lowest BCUT2D eigenvalue weighted by Gasteiger charge is -2.35. The highest BCUT2D eigenvalue weighted by atomic mass is 35.5. The van der Waals surface area contributed by atoms with Crippen LogP contribution in [0.1, 0.15) is 13.3 Å². The summed E-state index contributed by atoms with van der Waals surface area (Å²) in [5.74, 6) is -0.899. The number of aromatic hydroxyl groups is 1. The van der Waals surface area contributed by atoms with Gasteiger partial charge in [0.25, 0.3) is 0 Å². The molecular formula is C20H21Cl3N6O4S. The molecule has 0 spiro atoms. The number of hydrogen-bond donors (Lipinski definition) is 3. The summed E-state index contributed by atoms with van der Waals surface area (Å²) in [5, 5.41) is 26.1. The van der Waals surface area contributed by atoms with Crippen molar-refractivity contribution in [2.24, 2.45) is 15.9 Å². The predicted molar refractivity (Wildman–Crippen MR) is 133 cm³/mol. The summed E-state index contributed by atoms with van der Waals surface area (Å²) in [6.45, 7) is 2.77. The zero-order valence-electron chi connectivity index (χ0n) is 17.9. The molecule has 1 saturated heterocycles. The second-order valence-electron chi connectivity index (χ2n) is 7.27. The lowest BCUT2D eigenvalue weighted by Crippen LogP contribution is -2.43. The summed E-state index contributed by atoms with van der Waals surface area (Å²) in [4.78, 5) is 6.19. The Bertz CT molecular complexity index is 1280. The second kappa shape index (κ2) is 10.4. The van der Waals surface area contributed by atoms with Gasteiger partial charge >= 0.3 is 0 Å². The number of phenolic OH excluding ortho intramolecular Hbond substituents is 1. The van der Waals surface area contributed by atoms with Crippen LogP contribution in [0.2, 0.25) is 15.1 Å². The molecule has 10 nitrogen and oxygen atoms in total. The summed E-state index contributed by atoms with van der Waals surface area (Å²) in [6.07, 6.45) is 2.31. The molecular weight excluding hydrogens is 527 g/mol. The van der Waals surface area contributed by atoms with Crippen LogP contribution in [-0.2, 0) is 14.8 Å². The van der Waals surface area contributed by atoms with E-state index in [0.717, 1.165) is 11.0 Å². The van der Waals surface area contributed by atoms with Crippen LogP contribution in [-0.4, -0.2) is 45.3 Å². The van der Waals surface area contributed by atoms with Crippen molar-refractivity contribution >= 4 is 67.8 Å². The van der Waals surface area contributed by atoms with Crippen LogP contribution >= 0.6 is 34.8 Å². The van der Waals surface area contributed by atoms with Gasteiger partial charge in [-0.2, -0.15) is 5.26 Å². The Morgan fingerprint density at radius 1 is 1.38 bits per heavy atom. The first-order valence-corrected chi connectivity index (χ1v) is 12.6. The van der Waals surface area contributed by atoms with Crippen molar-refractivity contribution in [3.05, 3.63) is 39.3 Å². The number of halogens is 3. The first-order chi connectivity index (χ1) is 16.0. The predicted octanol–water partition coefficient (Wildman–Crippen LogP) is 3.55. The zero-order chi connectivity index (χ0) is 25.2. The first kappa shape index (κ1) is 26.2. The molecule has 3 rings (SSSR count). The number of benzene rings is 2. The lowest BCUT2D eigenvalue weighted by molar-refractivity contribution is 0.0381. The highest BCUT2D eigenvalue weighted by molar-refractivity contribution is 7.89. The third-order valence-corrected chi connectivity index (χ3v) is 7.29. The SMILES string of the molecule is CCC1CN(c2c(O)c(N=C(N)N(C#N)c3cccc(Cl)c3Cl)cc(Cl)c2S(N)(=O)=O)CCO1. The van der Waals surface area contributed by atoms with Crippen molar-refractivity contribution in [2.45, 2.75) is 24.3 Å². The molecule has 0 bridgehead atoms. The monoisotopic (exact) mass is 546 g/mol. The number of phenols is 1. The van der Waals surface area contributed by atoms with E-state index < -0.39 is 20.7 Å². The number of guanidine groups is 1. The van der Waals surface area contributed by atoms with Crippen LogP contribution in [0.4, 0.5) is 17.1 Å². The number of aliphatic imine (C=N–C) groups is 1. The van der Waals surface area contributed by atoms with Crippen LogP contribution in [0, 0.1) is 11.5 Å². The summed E-state index contributed by atoms with van der Waals surface area (Å²) >= 11 is 18.5. The number of nitrogens with zero attached hydrogens (tertiary/aromatic N) is 4. The van der Waals surface area contributed by atoms with Crippen molar-refractivity contribution < 1.29 is 18.3 Å². The Hall–Kier alpha value is -2.46. The molecule has 1 unspecified atom stereocenters. The minimum atomic E-state index is -4.33. The van der Waals surface area contributed by atoms with Crippen LogP contribution in [0.15, 0.2) is 34.2 Å². The molecule has 182 valence electrons. The van der Waals surface area contributed by atoms with E-state index in [1.807, 2.05) is 13.1 Å². The van der Waals surface area contributed by atoms with Gasteiger partial charge in [-0.25, -0.2) is 23.4 Å². The summed E-state index contributed by atoms with van der Waals surface area (Å²) in [7, 11) is -4.33. The summed E-state index contributed by atoms with van der Waals surface area (Å²) in [5.41, 5.74) is 5.91. The zero-order valence-corrected chi connectivity index (χ0v) is 21.0. The molecule has 1 aliphatic rings. The van der Waals surface area contributed by atoms with Crippen molar-refractivity contribution in [3.63, 3.8) is 0 Å². The molecule has 2 aromatic carbocycles. The number of ether oxygens (including phenoxy) is 1. The van der Waals surface area contributed by atoms with Crippen LogP contribution in [0.5, 0.6) is 5.75 Å². The number of morpholine rings is 1. The van der Waals surface area contributed by atoms with Crippen molar-refractivity contribution in [2.75, 3.05) is 29.5 Å². The molecule has 0 aromatic heterocycles. The first-order valence-electron chi connectivity index (χ1n) is 9.92. The smallest absolute Gasteiger partial charge is 0.241 e. The highest BCUT2D eigenvalue weighted by Crippen LogP contribution is 2.46. The Balaban J connectivity index is 2.17. The molecule has 0 saturated carbocycles. The number of nitriles is 1. The van der Waals surface area contributed by atoms with Gasteiger partial charge in [0.2, 0.25) is 16.0 Å². The van der Waals surface area contributed by atoms with Gasteiger partial charge < -0.3 is 20.5 Å². The van der Waals surface area contributed by atoms with Gasteiger partial charge in [0.15, 0.2) is 11.9 Å². The van der Waals surface area contributed by atoms with E-state index in [1.165, 1.54) is 12.1 Å². The van der Waals surface area contributed by atoms with E-state index in [1.54, 1.807) is 11.0 Å². The Kier molecular flexibility index (Phi) is 8.02. The summed E-state index contributed by atoms with van der Waals surface area (Å²) in [6, 6.07) is 5.70. The molecule has 0 amide bonds. The molecule has 1 aliphatic heterocycles. The molecule has 1 heterocycles. The van der Waals surface area contributed by atoms with Crippen LogP contribution < -0.4 is 20.7 Å². The average Bonchev–Trinajstić information content (AvgIpc) is 2.78. The molecule has 5 N–H and O–H groups in total. The maximum atomic E-state index is 12.3. The highest BCUT2D eigenvalue weighted by Gasteiger charge is 2.31. The van der Waals surface area contributed by atoms with Crippen molar-refractivity contribution in [1.29, 1.82) is 5.26 Å². The maximum Gasteiger partial charge on any atom is 0.241 e. The van der Waals surface area contributed by atoms with Crippen LogP contribution in [0.25, 0.3) is 0 Å². The van der Waals surface area contributed by atoms with Gasteiger partial charge in [0, 0.05) is 13.1 Å². The number of nitrogens with two attached hydrogens (primary N) is 2. The number of sulfonamides is 1. The molecule has 1 atom stereocenters. The van der Waals surface area contributed by atoms with Crippen LogP contribution in [0.3, 0.4) is 0 Å². The normalized spacial score (nSPS) is 16.9. The molecule has 2 aromatic rings. The third kappa shape index (κ3) is 5.27. The van der Waals surface area contributed by atoms with Crippen molar-refractivity contribution in [1.82, 2.24) is 0 Å². The number of hydrogen-bond acceptors (Lipinski definition) is 7. The Labute approximate surface area is 211 Å². The Morgan fingerprint density at radius 3 is 2.71 bits per heavy atom. The van der Waals surface area contributed by atoms with Gasteiger partial charge in [-0.05, 0) is 24.6 Å². The minimum Gasteiger partial charge on any atom is -0.504 e.